The molecule has 4 heterocycles. The molecular formula is C17H16F3N5O. The highest BCUT2D eigenvalue weighted by Crippen LogP contribution is 2.34. The molecule has 3 aromatic rings. The highest BCUT2D eigenvalue weighted by Gasteiger charge is 2.42. The summed E-state index contributed by atoms with van der Waals surface area (Å²) in [6.07, 6.45) is -0.825. The Morgan fingerprint density at radius 3 is 2.92 bits per heavy atom. The summed E-state index contributed by atoms with van der Waals surface area (Å²) in [5.41, 5.74) is 1.41. The Morgan fingerprint density at radius 2 is 2.15 bits per heavy atom. The van der Waals surface area contributed by atoms with Gasteiger partial charge in [-0.1, -0.05) is 6.07 Å². The van der Waals surface area contributed by atoms with Crippen LogP contribution in [0.1, 0.15) is 28.4 Å². The SMILES string of the molecule is O=C(NCc1nnc2n1CCC(C(F)(F)F)C2)c1cc2ccccn2c1. The zero-order chi connectivity index (χ0) is 18.3. The molecule has 136 valence electrons. The van der Waals surface area contributed by atoms with E-state index in [0.717, 1.165) is 5.52 Å². The molecule has 1 amide bonds. The maximum absolute atomic E-state index is 12.9. The molecule has 0 saturated heterocycles. The number of carbonyl (C=O) groups is 1. The highest BCUT2D eigenvalue weighted by atomic mass is 19.4. The lowest BCUT2D eigenvalue weighted by molar-refractivity contribution is -0.179. The number of hydrogen-bond acceptors (Lipinski definition) is 3. The molecule has 0 aliphatic carbocycles. The van der Waals surface area contributed by atoms with Crippen molar-refractivity contribution < 1.29 is 18.0 Å². The predicted molar refractivity (Wildman–Crippen MR) is 86.5 cm³/mol. The number of nitrogens with one attached hydrogen (secondary N) is 1. The van der Waals surface area contributed by atoms with Crippen molar-refractivity contribution in [1.82, 2.24) is 24.5 Å². The third kappa shape index (κ3) is 3.04. The lowest BCUT2D eigenvalue weighted by Gasteiger charge is -2.25. The number of nitrogens with zero attached hydrogens (tertiary/aromatic N) is 4. The van der Waals surface area contributed by atoms with E-state index in [9.17, 15) is 18.0 Å². The number of carbonyl (C=O) groups excluding carboxylic acids is 1. The summed E-state index contributed by atoms with van der Waals surface area (Å²) in [7, 11) is 0. The van der Waals surface area contributed by atoms with E-state index in [0.29, 0.717) is 17.2 Å². The molecule has 1 atom stereocenters. The van der Waals surface area contributed by atoms with Crippen LogP contribution in [0.15, 0.2) is 36.7 Å². The molecule has 0 aromatic carbocycles. The zero-order valence-electron chi connectivity index (χ0n) is 13.7. The van der Waals surface area contributed by atoms with Crippen molar-refractivity contribution in [2.75, 3.05) is 0 Å². The van der Waals surface area contributed by atoms with Crippen molar-refractivity contribution in [3.63, 3.8) is 0 Å². The van der Waals surface area contributed by atoms with Crippen LogP contribution in [0.2, 0.25) is 0 Å². The van der Waals surface area contributed by atoms with Gasteiger partial charge in [-0.15, -0.1) is 10.2 Å². The van der Waals surface area contributed by atoms with Crippen molar-refractivity contribution in [1.29, 1.82) is 0 Å². The number of hydrogen-bond donors (Lipinski definition) is 1. The van der Waals surface area contributed by atoms with Gasteiger partial charge in [0, 0.05) is 30.9 Å². The standard InChI is InChI=1S/C17H16F3N5O/c18-17(19,20)12-4-6-25-14(8-12)22-23-15(25)9-21-16(26)11-7-13-3-1-2-5-24(13)10-11/h1-3,5,7,10,12H,4,6,8-9H2,(H,21,26). The maximum Gasteiger partial charge on any atom is 0.392 e. The predicted octanol–water partition coefficient (Wildman–Crippen LogP) is 2.59. The summed E-state index contributed by atoms with van der Waals surface area (Å²) < 4.78 is 42.1. The second kappa shape index (κ2) is 6.15. The van der Waals surface area contributed by atoms with E-state index in [1.807, 2.05) is 28.8 Å². The van der Waals surface area contributed by atoms with Gasteiger partial charge in [-0.3, -0.25) is 4.79 Å². The molecule has 1 N–H and O–H groups in total. The average Bonchev–Trinajstić information content (AvgIpc) is 3.22. The minimum Gasteiger partial charge on any atom is -0.345 e. The van der Waals surface area contributed by atoms with Crippen LogP contribution in [0.4, 0.5) is 13.2 Å². The second-order valence-corrected chi connectivity index (χ2v) is 6.36. The Hall–Kier alpha value is -2.84. The van der Waals surface area contributed by atoms with Gasteiger partial charge >= 0.3 is 6.18 Å². The van der Waals surface area contributed by atoms with Gasteiger partial charge in [0.25, 0.3) is 5.91 Å². The van der Waals surface area contributed by atoms with Crippen molar-refractivity contribution >= 4 is 11.4 Å². The Balaban J connectivity index is 1.44. The summed E-state index contributed by atoms with van der Waals surface area (Å²) in [5.74, 6) is -0.861. The molecule has 0 fully saturated rings. The normalized spacial score (nSPS) is 17.3. The first-order chi connectivity index (χ1) is 12.4. The topological polar surface area (TPSA) is 64.2 Å². The van der Waals surface area contributed by atoms with Gasteiger partial charge < -0.3 is 14.3 Å². The lowest BCUT2D eigenvalue weighted by Crippen LogP contribution is -2.32. The Bertz CT molecular complexity index is 926. The number of fused-ring (bicyclic) bond motifs is 2. The molecule has 9 heteroatoms. The number of alkyl halides is 3. The monoisotopic (exact) mass is 363 g/mol. The van der Waals surface area contributed by atoms with Crippen LogP contribution < -0.4 is 5.32 Å². The van der Waals surface area contributed by atoms with Gasteiger partial charge in [-0.05, 0) is 24.6 Å². The first kappa shape index (κ1) is 16.6. The van der Waals surface area contributed by atoms with Gasteiger partial charge in [-0.2, -0.15) is 13.2 Å². The third-order valence-electron chi connectivity index (χ3n) is 4.67. The fourth-order valence-electron chi connectivity index (χ4n) is 3.24. The molecule has 26 heavy (non-hydrogen) atoms. The first-order valence-corrected chi connectivity index (χ1v) is 8.24. The van der Waals surface area contributed by atoms with Crippen LogP contribution in [-0.2, 0) is 19.5 Å². The van der Waals surface area contributed by atoms with E-state index in [2.05, 4.69) is 15.5 Å². The molecular weight excluding hydrogens is 347 g/mol. The van der Waals surface area contributed by atoms with Crippen LogP contribution in [0.25, 0.3) is 5.52 Å². The van der Waals surface area contributed by atoms with E-state index in [1.165, 1.54) is 0 Å². The number of halogens is 3. The maximum atomic E-state index is 12.9. The van der Waals surface area contributed by atoms with Gasteiger partial charge in [-0.25, -0.2) is 0 Å². The molecule has 0 spiro atoms. The molecule has 1 aliphatic heterocycles. The van der Waals surface area contributed by atoms with Crippen LogP contribution in [-0.4, -0.2) is 31.2 Å². The number of pyridine rings is 1. The second-order valence-electron chi connectivity index (χ2n) is 6.36. The quantitative estimate of drug-likeness (QED) is 0.778. The molecule has 0 radical (unpaired) electrons. The number of amides is 1. The zero-order valence-corrected chi connectivity index (χ0v) is 13.7. The van der Waals surface area contributed by atoms with Crippen molar-refractivity contribution in [3.8, 4) is 0 Å². The summed E-state index contributed by atoms with van der Waals surface area (Å²) >= 11 is 0. The number of rotatable bonds is 3. The first-order valence-electron chi connectivity index (χ1n) is 8.24. The molecule has 0 bridgehead atoms. The van der Waals surface area contributed by atoms with Crippen LogP contribution in [0.5, 0.6) is 0 Å². The van der Waals surface area contributed by atoms with Gasteiger partial charge in [0.15, 0.2) is 5.82 Å². The van der Waals surface area contributed by atoms with E-state index in [4.69, 9.17) is 0 Å². The van der Waals surface area contributed by atoms with Gasteiger partial charge in [0.2, 0.25) is 0 Å². The van der Waals surface area contributed by atoms with Gasteiger partial charge in [0.1, 0.15) is 5.82 Å². The third-order valence-corrected chi connectivity index (χ3v) is 4.67. The van der Waals surface area contributed by atoms with Crippen LogP contribution in [0, 0.1) is 5.92 Å². The molecule has 6 nitrogen and oxygen atoms in total. The van der Waals surface area contributed by atoms with Crippen molar-refractivity contribution in [2.24, 2.45) is 5.92 Å². The summed E-state index contributed by atoms with van der Waals surface area (Å²) in [6, 6.07) is 7.41. The van der Waals surface area contributed by atoms with Crippen molar-refractivity contribution in [2.45, 2.75) is 32.1 Å². The molecule has 1 unspecified atom stereocenters. The minimum atomic E-state index is -4.22. The highest BCUT2D eigenvalue weighted by molar-refractivity contribution is 5.95. The fraction of sp³-hybridized carbons (Fsp3) is 0.353. The van der Waals surface area contributed by atoms with E-state index >= 15 is 0 Å². The van der Waals surface area contributed by atoms with Gasteiger partial charge in [0.05, 0.1) is 18.0 Å². The molecule has 3 aromatic heterocycles. The van der Waals surface area contributed by atoms with Crippen molar-refractivity contribution in [3.05, 3.63) is 53.9 Å². The Labute approximate surface area is 146 Å². The van der Waals surface area contributed by atoms with E-state index in [1.54, 1.807) is 16.8 Å². The fourth-order valence-corrected chi connectivity index (χ4v) is 3.24. The molecule has 1 aliphatic rings. The number of aromatic nitrogens is 4. The largest absolute Gasteiger partial charge is 0.392 e. The lowest BCUT2D eigenvalue weighted by atomic mass is 9.97. The van der Waals surface area contributed by atoms with E-state index in [-0.39, 0.29) is 31.8 Å². The van der Waals surface area contributed by atoms with Crippen LogP contribution in [0.3, 0.4) is 0 Å². The average molecular weight is 363 g/mol. The molecule has 0 saturated carbocycles. The molecule has 4 rings (SSSR count). The summed E-state index contributed by atoms with van der Waals surface area (Å²) in [4.78, 5) is 12.3. The van der Waals surface area contributed by atoms with Crippen LogP contribution >= 0.6 is 0 Å². The smallest absolute Gasteiger partial charge is 0.345 e. The Kier molecular flexibility index (Phi) is 3.93. The summed E-state index contributed by atoms with van der Waals surface area (Å²) in [6.45, 7) is 0.322. The minimum absolute atomic E-state index is 0.000363. The Morgan fingerprint density at radius 1 is 1.31 bits per heavy atom. The summed E-state index contributed by atoms with van der Waals surface area (Å²) in [5, 5.41) is 10.6. The van der Waals surface area contributed by atoms with E-state index < -0.39 is 12.1 Å².